The molecule has 3 unspecified atom stereocenters. The number of nitrogens with zero attached hydrogens (tertiary/aromatic N) is 1. The van der Waals surface area contributed by atoms with E-state index in [2.05, 4.69) is 80.1 Å². The van der Waals surface area contributed by atoms with Crippen molar-refractivity contribution < 1.29 is 8.96 Å². The standard InChI is InChI=1S/C29H33FN/c1-4-7-8-12-21-18-25-24(19-27(21)30)22(5-2)26-14-16-29(26,6-3)31-17-15-20-11-9-10-13-23(20)28(25)31/h9-11,13-19,22,26H,4-8,12H2,1-3H3/q+1. The van der Waals surface area contributed by atoms with E-state index in [0.29, 0.717) is 11.8 Å². The lowest BCUT2D eigenvalue weighted by molar-refractivity contribution is -0.753. The highest BCUT2D eigenvalue weighted by Gasteiger charge is 2.55. The maximum atomic E-state index is 15.3. The molecule has 1 aliphatic heterocycles. The first-order chi connectivity index (χ1) is 15.1. The van der Waals surface area contributed by atoms with E-state index in [1.165, 1.54) is 27.6 Å². The molecule has 2 heteroatoms. The van der Waals surface area contributed by atoms with Crippen LogP contribution in [0.2, 0.25) is 0 Å². The molecule has 0 spiro atoms. The number of hydrogen-bond acceptors (Lipinski definition) is 0. The van der Waals surface area contributed by atoms with Gasteiger partial charge in [-0.2, -0.15) is 4.57 Å². The molecule has 0 saturated heterocycles. The summed E-state index contributed by atoms with van der Waals surface area (Å²) in [5.74, 6) is 0.712. The van der Waals surface area contributed by atoms with Crippen LogP contribution >= 0.6 is 0 Å². The fraction of sp³-hybridized carbons (Fsp3) is 0.414. The molecule has 0 amide bonds. The first-order valence-electron chi connectivity index (χ1n) is 12.1. The van der Waals surface area contributed by atoms with Crippen molar-refractivity contribution >= 4 is 10.8 Å². The van der Waals surface area contributed by atoms with E-state index in [-0.39, 0.29) is 11.4 Å². The van der Waals surface area contributed by atoms with Crippen molar-refractivity contribution in [3.63, 3.8) is 0 Å². The van der Waals surface area contributed by atoms with Gasteiger partial charge in [0.05, 0.1) is 16.9 Å². The van der Waals surface area contributed by atoms with E-state index in [0.717, 1.165) is 44.1 Å². The van der Waals surface area contributed by atoms with E-state index in [1.54, 1.807) is 0 Å². The number of unbranched alkanes of at least 4 members (excludes halogenated alkanes) is 2. The lowest BCUT2D eigenvalue weighted by Crippen LogP contribution is -2.63. The molecule has 1 aromatic heterocycles. The Morgan fingerprint density at radius 3 is 2.58 bits per heavy atom. The zero-order valence-corrected chi connectivity index (χ0v) is 19.0. The van der Waals surface area contributed by atoms with Crippen LogP contribution in [-0.4, -0.2) is 0 Å². The third kappa shape index (κ3) is 2.98. The zero-order valence-electron chi connectivity index (χ0n) is 19.0. The summed E-state index contributed by atoms with van der Waals surface area (Å²) in [5.41, 5.74) is 4.53. The van der Waals surface area contributed by atoms with Gasteiger partial charge in [-0.3, -0.25) is 0 Å². The number of fused-ring (bicyclic) bond motifs is 7. The van der Waals surface area contributed by atoms with Gasteiger partial charge in [-0.15, -0.1) is 0 Å². The van der Waals surface area contributed by atoms with Crippen molar-refractivity contribution in [2.24, 2.45) is 5.92 Å². The van der Waals surface area contributed by atoms with Crippen molar-refractivity contribution in [1.82, 2.24) is 0 Å². The van der Waals surface area contributed by atoms with E-state index < -0.39 is 0 Å². The van der Waals surface area contributed by atoms with Gasteiger partial charge in [0, 0.05) is 12.5 Å². The first-order valence-corrected chi connectivity index (χ1v) is 12.1. The molecule has 160 valence electrons. The van der Waals surface area contributed by atoms with E-state index in [4.69, 9.17) is 0 Å². The van der Waals surface area contributed by atoms with E-state index in [1.807, 2.05) is 6.07 Å². The second-order valence-corrected chi connectivity index (χ2v) is 9.35. The minimum Gasteiger partial charge on any atom is -0.207 e. The molecule has 3 aromatic rings. The summed E-state index contributed by atoms with van der Waals surface area (Å²) < 4.78 is 17.8. The number of pyridine rings is 1. The molecule has 2 heterocycles. The average Bonchev–Trinajstić information content (AvgIpc) is 2.84. The van der Waals surface area contributed by atoms with Gasteiger partial charge in [-0.25, -0.2) is 4.39 Å². The van der Waals surface area contributed by atoms with Gasteiger partial charge in [0.25, 0.3) is 0 Å². The Labute approximate surface area is 185 Å². The number of aryl methyl sites for hydroxylation is 1. The molecule has 2 aromatic carbocycles. The normalized spacial score (nSPS) is 23.6. The lowest BCUT2D eigenvalue weighted by Gasteiger charge is -2.41. The number of allylic oxidation sites excluding steroid dienone is 2. The monoisotopic (exact) mass is 414 g/mol. The molecular weight excluding hydrogens is 381 g/mol. The summed E-state index contributed by atoms with van der Waals surface area (Å²) in [4.78, 5) is 0. The van der Waals surface area contributed by atoms with E-state index in [9.17, 15) is 0 Å². The number of halogens is 1. The molecule has 0 fully saturated rings. The van der Waals surface area contributed by atoms with Gasteiger partial charge >= 0.3 is 0 Å². The number of hydrogen-bond donors (Lipinski definition) is 0. The topological polar surface area (TPSA) is 3.88 Å². The first kappa shape index (κ1) is 20.4. The number of aromatic nitrogens is 1. The molecule has 31 heavy (non-hydrogen) atoms. The van der Waals surface area contributed by atoms with Crippen LogP contribution in [-0.2, 0) is 12.0 Å². The fourth-order valence-electron chi connectivity index (χ4n) is 6.09. The van der Waals surface area contributed by atoms with Crippen molar-refractivity contribution in [3.8, 4) is 11.3 Å². The Bertz CT molecular complexity index is 1160. The molecule has 1 aliphatic carbocycles. The predicted molar refractivity (Wildman–Crippen MR) is 127 cm³/mol. The highest BCUT2D eigenvalue weighted by molar-refractivity contribution is 5.94. The molecule has 0 N–H and O–H groups in total. The van der Waals surface area contributed by atoms with Crippen molar-refractivity contribution in [2.45, 2.75) is 70.8 Å². The minimum absolute atomic E-state index is 0.0209. The molecule has 0 radical (unpaired) electrons. The third-order valence-electron chi connectivity index (χ3n) is 7.84. The summed E-state index contributed by atoms with van der Waals surface area (Å²) in [6.45, 7) is 6.75. The van der Waals surface area contributed by atoms with Crippen molar-refractivity contribution in [3.05, 3.63) is 77.8 Å². The second-order valence-electron chi connectivity index (χ2n) is 9.35. The number of rotatable bonds is 6. The van der Waals surface area contributed by atoms with Gasteiger partial charge in [0.1, 0.15) is 5.82 Å². The number of benzene rings is 2. The van der Waals surface area contributed by atoms with Gasteiger partial charge in [-0.1, -0.05) is 57.9 Å². The van der Waals surface area contributed by atoms with Crippen LogP contribution in [0.25, 0.3) is 22.0 Å². The molecule has 5 rings (SSSR count). The molecule has 0 saturated carbocycles. The predicted octanol–water partition coefficient (Wildman–Crippen LogP) is 7.46. The maximum absolute atomic E-state index is 15.3. The van der Waals surface area contributed by atoms with Crippen LogP contribution in [0.3, 0.4) is 0 Å². The van der Waals surface area contributed by atoms with Crippen LogP contribution in [0.5, 0.6) is 0 Å². The molecule has 3 atom stereocenters. The lowest BCUT2D eigenvalue weighted by atomic mass is 9.64. The second kappa shape index (κ2) is 7.89. The van der Waals surface area contributed by atoms with Gasteiger partial charge < -0.3 is 0 Å². The zero-order chi connectivity index (χ0) is 21.6. The Balaban J connectivity index is 1.83. The minimum atomic E-state index is -0.0298. The summed E-state index contributed by atoms with van der Waals surface area (Å²) >= 11 is 0. The van der Waals surface area contributed by atoms with E-state index >= 15 is 4.39 Å². The molecule has 0 bridgehead atoms. The smallest absolute Gasteiger partial charge is 0.207 e. The Hall–Kier alpha value is -2.48. The highest BCUT2D eigenvalue weighted by atomic mass is 19.1. The summed E-state index contributed by atoms with van der Waals surface area (Å²) in [7, 11) is 0. The van der Waals surface area contributed by atoms with Crippen LogP contribution in [0.15, 0.2) is 60.8 Å². The summed E-state index contributed by atoms with van der Waals surface area (Å²) in [6.07, 6.45) is 13.3. The maximum Gasteiger partial charge on any atom is 0.221 e. The van der Waals surface area contributed by atoms with Crippen LogP contribution in [0.1, 0.15) is 69.9 Å². The third-order valence-corrected chi connectivity index (χ3v) is 7.84. The average molecular weight is 415 g/mol. The Kier molecular flexibility index (Phi) is 5.20. The Morgan fingerprint density at radius 1 is 1.03 bits per heavy atom. The Morgan fingerprint density at radius 2 is 1.87 bits per heavy atom. The quantitative estimate of drug-likeness (QED) is 0.224. The summed E-state index contributed by atoms with van der Waals surface area (Å²) in [6, 6.07) is 15.0. The van der Waals surface area contributed by atoms with Crippen LogP contribution in [0, 0.1) is 11.7 Å². The van der Waals surface area contributed by atoms with Crippen molar-refractivity contribution in [1.29, 1.82) is 0 Å². The van der Waals surface area contributed by atoms with Gasteiger partial charge in [-0.05, 0) is 66.0 Å². The van der Waals surface area contributed by atoms with Crippen LogP contribution < -0.4 is 4.57 Å². The van der Waals surface area contributed by atoms with Crippen molar-refractivity contribution in [2.75, 3.05) is 0 Å². The highest BCUT2D eigenvalue weighted by Crippen LogP contribution is 2.52. The van der Waals surface area contributed by atoms with Gasteiger partial charge in [0.2, 0.25) is 5.69 Å². The largest absolute Gasteiger partial charge is 0.221 e. The molecule has 1 nitrogen and oxygen atoms in total. The van der Waals surface area contributed by atoms with Gasteiger partial charge in [0.15, 0.2) is 11.7 Å². The molecule has 2 aliphatic rings. The van der Waals surface area contributed by atoms with Crippen LogP contribution in [0.4, 0.5) is 4.39 Å². The SMILES string of the molecule is CCCCCc1cc2c(cc1F)C(CC)C1C=CC1(CC)[n+]1ccc3ccccc3c1-2. The summed E-state index contributed by atoms with van der Waals surface area (Å²) in [5, 5.41) is 2.51. The molecular formula is C29H33FN+. The fourth-order valence-corrected chi connectivity index (χ4v) is 6.09.